The van der Waals surface area contributed by atoms with Crippen LogP contribution in [0.5, 0.6) is 17.2 Å². The number of alkyl carbamates (subject to hydrolysis) is 1. The van der Waals surface area contributed by atoms with E-state index in [4.69, 9.17) is 32.8 Å². The van der Waals surface area contributed by atoms with Crippen LogP contribution in [0.15, 0.2) is 51.9 Å². The van der Waals surface area contributed by atoms with Crippen LogP contribution in [-0.2, 0) is 19.0 Å². The standard InChI is InChI=1S/C31H35NO13/c1-15(32-30(38)45-31(2,3)4)28(37)42-14-23-25(34)26(35)27(36)29(44-23)43-17-6-7-18-21(12-17)41-13-19(24(18)33)16-5-8-20-22(11-16)40-10-9-39-20/h5-8,11-13,15,23,25-27,29,34-36H,9-10,14H2,1-4H3,(H,32,38)/t15-,23?,25?,26?,27?,29?/m1/s1. The van der Waals surface area contributed by atoms with Crippen molar-refractivity contribution < 1.29 is 57.7 Å². The molecule has 0 bridgehead atoms. The Morgan fingerprint density at radius 2 is 1.73 bits per heavy atom. The zero-order chi connectivity index (χ0) is 32.5. The van der Waals surface area contributed by atoms with Crippen molar-refractivity contribution in [3.63, 3.8) is 0 Å². The van der Waals surface area contributed by atoms with Crippen LogP contribution in [0.1, 0.15) is 27.7 Å². The van der Waals surface area contributed by atoms with E-state index in [-0.39, 0.29) is 22.1 Å². The van der Waals surface area contributed by atoms with Crippen molar-refractivity contribution in [3.8, 4) is 28.4 Å². The highest BCUT2D eigenvalue weighted by Gasteiger charge is 2.45. The predicted molar refractivity (Wildman–Crippen MR) is 156 cm³/mol. The highest BCUT2D eigenvalue weighted by Crippen LogP contribution is 2.34. The number of rotatable bonds is 7. The lowest BCUT2D eigenvalue weighted by Crippen LogP contribution is -2.60. The minimum Gasteiger partial charge on any atom is -0.486 e. The fraction of sp³-hybridized carbons (Fsp3) is 0.452. The fourth-order valence-corrected chi connectivity index (χ4v) is 4.71. The van der Waals surface area contributed by atoms with Gasteiger partial charge in [0.2, 0.25) is 6.29 Å². The molecular formula is C31H35NO13. The Morgan fingerprint density at radius 1 is 1.00 bits per heavy atom. The van der Waals surface area contributed by atoms with Gasteiger partial charge in [0.1, 0.15) is 73.5 Å². The van der Waals surface area contributed by atoms with Gasteiger partial charge in [0.25, 0.3) is 0 Å². The third kappa shape index (κ3) is 7.31. The van der Waals surface area contributed by atoms with Gasteiger partial charge in [-0.15, -0.1) is 0 Å². The Kier molecular flexibility index (Phi) is 9.20. The zero-order valence-electron chi connectivity index (χ0n) is 25.1. The number of benzene rings is 2. The van der Waals surface area contributed by atoms with Crippen molar-refractivity contribution >= 4 is 23.0 Å². The van der Waals surface area contributed by atoms with Crippen molar-refractivity contribution in [2.45, 2.75) is 70.0 Å². The van der Waals surface area contributed by atoms with E-state index in [0.29, 0.717) is 35.8 Å². The molecule has 242 valence electrons. The molecule has 2 aromatic carbocycles. The SMILES string of the molecule is C[C@@H](NC(=O)OC(C)(C)C)C(=O)OCC1OC(Oc2ccc3c(=O)c(-c4ccc5c(c4)OCCO5)coc3c2)C(O)C(O)C1O. The molecule has 0 radical (unpaired) electrons. The molecule has 14 nitrogen and oxygen atoms in total. The van der Waals surface area contributed by atoms with Gasteiger partial charge < -0.3 is 53.5 Å². The molecule has 0 spiro atoms. The topological polar surface area (TPSA) is 192 Å². The van der Waals surface area contributed by atoms with E-state index < -0.39 is 61.0 Å². The first-order valence-corrected chi connectivity index (χ1v) is 14.3. The molecule has 14 heteroatoms. The van der Waals surface area contributed by atoms with Gasteiger partial charge in [0.05, 0.1) is 10.9 Å². The van der Waals surface area contributed by atoms with E-state index in [0.717, 1.165) is 0 Å². The maximum atomic E-state index is 13.3. The minimum atomic E-state index is -1.71. The molecule has 45 heavy (non-hydrogen) atoms. The van der Waals surface area contributed by atoms with Gasteiger partial charge in [0, 0.05) is 6.07 Å². The van der Waals surface area contributed by atoms with E-state index in [1.165, 1.54) is 31.4 Å². The molecule has 1 saturated heterocycles. The Bertz CT molecular complexity index is 1610. The van der Waals surface area contributed by atoms with Gasteiger partial charge in [-0.05, 0) is 57.5 Å². The van der Waals surface area contributed by atoms with Crippen molar-refractivity contribution in [2.75, 3.05) is 19.8 Å². The highest BCUT2D eigenvalue weighted by molar-refractivity contribution is 5.83. The summed E-state index contributed by atoms with van der Waals surface area (Å²) in [7, 11) is 0. The summed E-state index contributed by atoms with van der Waals surface area (Å²) in [6.45, 7) is 6.71. The average molecular weight is 630 g/mol. The third-order valence-corrected chi connectivity index (χ3v) is 7.00. The third-order valence-electron chi connectivity index (χ3n) is 7.00. The quantitative estimate of drug-likeness (QED) is 0.277. The Hall–Kier alpha value is -4.37. The van der Waals surface area contributed by atoms with Crippen LogP contribution in [0.2, 0.25) is 0 Å². The maximum Gasteiger partial charge on any atom is 0.408 e. The Balaban J connectivity index is 1.25. The maximum absolute atomic E-state index is 13.3. The molecule has 1 amide bonds. The molecular weight excluding hydrogens is 594 g/mol. The summed E-state index contributed by atoms with van der Waals surface area (Å²) in [6.07, 6.45) is -7.32. The number of fused-ring (bicyclic) bond motifs is 2. The molecule has 2 aliphatic rings. The molecule has 4 N–H and O–H groups in total. The van der Waals surface area contributed by atoms with Crippen LogP contribution in [-0.4, -0.2) is 89.6 Å². The lowest BCUT2D eigenvalue weighted by Gasteiger charge is -2.40. The van der Waals surface area contributed by atoms with Crippen LogP contribution < -0.4 is 25.0 Å². The molecule has 6 atom stereocenters. The van der Waals surface area contributed by atoms with E-state index in [2.05, 4.69) is 5.32 Å². The fourth-order valence-electron chi connectivity index (χ4n) is 4.71. The van der Waals surface area contributed by atoms with Gasteiger partial charge in [-0.25, -0.2) is 9.59 Å². The Labute approximate surface area is 257 Å². The normalized spacial score (nSPS) is 23.6. The van der Waals surface area contributed by atoms with Gasteiger partial charge >= 0.3 is 12.1 Å². The van der Waals surface area contributed by atoms with E-state index in [1.807, 2.05) is 0 Å². The molecule has 3 aromatic rings. The van der Waals surface area contributed by atoms with Crippen molar-refractivity contribution in [1.29, 1.82) is 0 Å². The van der Waals surface area contributed by atoms with Gasteiger partial charge in [-0.1, -0.05) is 6.07 Å². The molecule has 0 saturated carbocycles. The van der Waals surface area contributed by atoms with Crippen molar-refractivity contribution in [2.24, 2.45) is 0 Å². The highest BCUT2D eigenvalue weighted by atomic mass is 16.7. The van der Waals surface area contributed by atoms with Crippen LogP contribution in [0.4, 0.5) is 4.79 Å². The van der Waals surface area contributed by atoms with Gasteiger partial charge in [-0.3, -0.25) is 4.79 Å². The molecule has 1 aromatic heterocycles. The summed E-state index contributed by atoms with van der Waals surface area (Å²) in [5.41, 5.74) is 0.00530. The van der Waals surface area contributed by atoms with E-state index in [1.54, 1.807) is 39.0 Å². The first-order valence-electron chi connectivity index (χ1n) is 14.3. The molecule has 5 unspecified atom stereocenters. The number of aliphatic hydroxyl groups excluding tert-OH is 3. The number of esters is 1. The summed E-state index contributed by atoms with van der Waals surface area (Å²) < 4.78 is 38.5. The minimum absolute atomic E-state index is 0.122. The predicted octanol–water partition coefficient (Wildman–Crippen LogP) is 1.87. The smallest absolute Gasteiger partial charge is 0.408 e. The van der Waals surface area contributed by atoms with Crippen molar-refractivity contribution in [1.82, 2.24) is 5.32 Å². The van der Waals surface area contributed by atoms with Crippen LogP contribution >= 0.6 is 0 Å². The number of hydrogen-bond donors (Lipinski definition) is 4. The number of carbonyl (C=O) groups excluding carboxylic acids is 2. The summed E-state index contributed by atoms with van der Waals surface area (Å²) in [5, 5.41) is 34.0. The average Bonchev–Trinajstić information content (AvgIpc) is 2.99. The lowest BCUT2D eigenvalue weighted by atomic mass is 9.99. The summed E-state index contributed by atoms with van der Waals surface area (Å²) in [4.78, 5) is 37.7. The van der Waals surface area contributed by atoms with Crippen LogP contribution in [0.25, 0.3) is 22.1 Å². The van der Waals surface area contributed by atoms with Crippen LogP contribution in [0.3, 0.4) is 0 Å². The molecule has 3 heterocycles. The van der Waals surface area contributed by atoms with Gasteiger partial charge in [-0.2, -0.15) is 0 Å². The summed E-state index contributed by atoms with van der Waals surface area (Å²) in [6, 6.07) is 8.42. The number of ether oxygens (including phenoxy) is 6. The first kappa shape index (κ1) is 32.0. The monoisotopic (exact) mass is 629 g/mol. The molecule has 5 rings (SSSR count). The molecule has 1 fully saturated rings. The number of aliphatic hydroxyl groups is 3. The van der Waals surface area contributed by atoms with E-state index in [9.17, 15) is 29.7 Å². The second-order valence-electron chi connectivity index (χ2n) is 11.6. The number of carbonyl (C=O) groups is 2. The lowest BCUT2D eigenvalue weighted by molar-refractivity contribution is -0.278. The second kappa shape index (κ2) is 12.9. The molecule has 0 aliphatic carbocycles. The van der Waals surface area contributed by atoms with E-state index >= 15 is 0 Å². The van der Waals surface area contributed by atoms with Crippen molar-refractivity contribution in [3.05, 3.63) is 52.9 Å². The first-order chi connectivity index (χ1) is 21.3. The Morgan fingerprint density at radius 3 is 2.47 bits per heavy atom. The number of amides is 1. The van der Waals surface area contributed by atoms with Crippen LogP contribution in [0, 0.1) is 0 Å². The molecule has 2 aliphatic heterocycles. The largest absolute Gasteiger partial charge is 0.486 e. The van der Waals surface area contributed by atoms with Gasteiger partial charge in [0.15, 0.2) is 16.9 Å². The summed E-state index contributed by atoms with van der Waals surface area (Å²) >= 11 is 0. The number of nitrogens with one attached hydrogen (secondary N) is 1. The second-order valence-corrected chi connectivity index (χ2v) is 11.6. The summed E-state index contributed by atoms with van der Waals surface area (Å²) in [5.74, 6) is 0.387. The zero-order valence-corrected chi connectivity index (χ0v) is 25.1. The number of hydrogen-bond acceptors (Lipinski definition) is 13.